The molecule has 2 heteroatoms. The number of hydrogen-bond donors (Lipinski definition) is 1. The van der Waals surface area contributed by atoms with Crippen LogP contribution in [0.5, 0.6) is 0 Å². The number of anilines is 1. The highest BCUT2D eigenvalue weighted by atomic mass is 15.1. The van der Waals surface area contributed by atoms with Gasteiger partial charge in [-0.1, -0.05) is 25.5 Å². The molecule has 94 valence electrons. The van der Waals surface area contributed by atoms with Crippen LogP contribution in [0.15, 0.2) is 18.2 Å². The van der Waals surface area contributed by atoms with E-state index in [0.717, 1.165) is 0 Å². The quantitative estimate of drug-likeness (QED) is 0.839. The van der Waals surface area contributed by atoms with Crippen LogP contribution in [0, 0.1) is 0 Å². The highest BCUT2D eigenvalue weighted by Crippen LogP contribution is 2.30. The number of nitrogens with one attached hydrogen (secondary N) is 1. The van der Waals surface area contributed by atoms with Gasteiger partial charge in [0.2, 0.25) is 0 Å². The standard InChI is InChI=1S/C15H24N2/c1-4-5-9-17-10-8-14-11-13(12(2)16-3)6-7-15(14)17/h6-7,11-12,16H,4-5,8-10H2,1-3H3. The molecule has 1 heterocycles. The van der Waals surface area contributed by atoms with Crippen molar-refractivity contribution in [3.8, 4) is 0 Å². The third kappa shape index (κ3) is 2.63. The minimum atomic E-state index is 0.449. The lowest BCUT2D eigenvalue weighted by atomic mass is 10.0. The minimum Gasteiger partial charge on any atom is -0.371 e. The molecule has 0 aliphatic carbocycles. The smallest absolute Gasteiger partial charge is 0.0399 e. The number of unbranched alkanes of at least 4 members (excludes halogenated alkanes) is 1. The Balaban J connectivity index is 2.14. The van der Waals surface area contributed by atoms with E-state index in [1.807, 2.05) is 7.05 Å². The Morgan fingerprint density at radius 2 is 2.24 bits per heavy atom. The fourth-order valence-electron chi connectivity index (χ4n) is 2.51. The summed E-state index contributed by atoms with van der Waals surface area (Å²) >= 11 is 0. The Kier molecular flexibility index (Phi) is 4.06. The van der Waals surface area contributed by atoms with E-state index in [-0.39, 0.29) is 0 Å². The normalized spacial score (nSPS) is 16.1. The highest BCUT2D eigenvalue weighted by Gasteiger charge is 2.19. The summed E-state index contributed by atoms with van der Waals surface area (Å²) < 4.78 is 0. The van der Waals surface area contributed by atoms with Gasteiger partial charge in [0.25, 0.3) is 0 Å². The molecule has 0 saturated carbocycles. The van der Waals surface area contributed by atoms with E-state index in [2.05, 4.69) is 42.3 Å². The van der Waals surface area contributed by atoms with Gasteiger partial charge in [-0.15, -0.1) is 0 Å². The molecule has 0 aromatic heterocycles. The first kappa shape index (κ1) is 12.4. The summed E-state index contributed by atoms with van der Waals surface area (Å²) in [6.45, 7) is 6.89. The monoisotopic (exact) mass is 232 g/mol. The number of rotatable bonds is 5. The Bertz CT molecular complexity index is 373. The van der Waals surface area contributed by atoms with E-state index in [1.54, 1.807) is 0 Å². The summed E-state index contributed by atoms with van der Waals surface area (Å²) in [5.74, 6) is 0. The van der Waals surface area contributed by atoms with Gasteiger partial charge >= 0.3 is 0 Å². The van der Waals surface area contributed by atoms with Crippen molar-refractivity contribution in [1.82, 2.24) is 5.32 Å². The van der Waals surface area contributed by atoms with Crippen LogP contribution in [-0.2, 0) is 6.42 Å². The average Bonchev–Trinajstić information content (AvgIpc) is 2.77. The van der Waals surface area contributed by atoms with E-state index < -0.39 is 0 Å². The molecule has 17 heavy (non-hydrogen) atoms. The van der Waals surface area contributed by atoms with Gasteiger partial charge < -0.3 is 10.2 Å². The van der Waals surface area contributed by atoms with Crippen LogP contribution in [0.2, 0.25) is 0 Å². The molecule has 1 aromatic rings. The van der Waals surface area contributed by atoms with Crippen LogP contribution in [-0.4, -0.2) is 20.1 Å². The van der Waals surface area contributed by atoms with Crippen LogP contribution < -0.4 is 10.2 Å². The maximum absolute atomic E-state index is 3.30. The summed E-state index contributed by atoms with van der Waals surface area (Å²) in [4.78, 5) is 2.53. The van der Waals surface area contributed by atoms with Crippen molar-refractivity contribution < 1.29 is 0 Å². The summed E-state index contributed by atoms with van der Waals surface area (Å²) in [7, 11) is 2.02. The van der Waals surface area contributed by atoms with Crippen molar-refractivity contribution in [2.45, 2.75) is 39.2 Å². The van der Waals surface area contributed by atoms with Crippen LogP contribution in [0.4, 0.5) is 5.69 Å². The molecule has 1 atom stereocenters. The van der Waals surface area contributed by atoms with Gasteiger partial charge in [0.1, 0.15) is 0 Å². The molecule has 2 rings (SSSR count). The maximum Gasteiger partial charge on any atom is 0.0399 e. The first-order valence-electron chi connectivity index (χ1n) is 6.81. The number of nitrogens with zero attached hydrogens (tertiary/aromatic N) is 1. The first-order valence-corrected chi connectivity index (χ1v) is 6.81. The Morgan fingerprint density at radius 3 is 2.94 bits per heavy atom. The molecular weight excluding hydrogens is 208 g/mol. The summed E-state index contributed by atoms with van der Waals surface area (Å²) in [5.41, 5.74) is 4.40. The highest BCUT2D eigenvalue weighted by molar-refractivity contribution is 5.59. The molecular formula is C15H24N2. The van der Waals surface area contributed by atoms with Crippen molar-refractivity contribution in [3.05, 3.63) is 29.3 Å². The minimum absolute atomic E-state index is 0.449. The molecule has 0 fully saturated rings. The molecule has 0 radical (unpaired) electrons. The third-order valence-electron chi connectivity index (χ3n) is 3.81. The molecule has 0 amide bonds. The summed E-state index contributed by atoms with van der Waals surface area (Å²) in [6, 6.07) is 7.40. The van der Waals surface area contributed by atoms with E-state index in [4.69, 9.17) is 0 Å². The zero-order valence-electron chi connectivity index (χ0n) is 11.3. The number of benzene rings is 1. The molecule has 1 aliphatic rings. The third-order valence-corrected chi connectivity index (χ3v) is 3.81. The van der Waals surface area contributed by atoms with Crippen LogP contribution in [0.3, 0.4) is 0 Å². The second kappa shape index (κ2) is 5.54. The largest absolute Gasteiger partial charge is 0.371 e. The van der Waals surface area contributed by atoms with Crippen LogP contribution in [0.1, 0.15) is 43.9 Å². The lowest BCUT2D eigenvalue weighted by molar-refractivity contribution is 0.652. The zero-order chi connectivity index (χ0) is 12.3. The molecule has 1 aromatic carbocycles. The van der Waals surface area contributed by atoms with E-state index >= 15 is 0 Å². The fraction of sp³-hybridized carbons (Fsp3) is 0.600. The fourth-order valence-corrected chi connectivity index (χ4v) is 2.51. The second-order valence-electron chi connectivity index (χ2n) is 4.99. The van der Waals surface area contributed by atoms with Crippen molar-refractivity contribution in [1.29, 1.82) is 0 Å². The van der Waals surface area contributed by atoms with Crippen molar-refractivity contribution >= 4 is 5.69 Å². The molecule has 0 bridgehead atoms. The summed E-state index contributed by atoms with van der Waals surface area (Å²) in [6.07, 6.45) is 3.79. The second-order valence-corrected chi connectivity index (χ2v) is 4.99. The predicted octanol–water partition coefficient (Wildman–Crippen LogP) is 3.13. The topological polar surface area (TPSA) is 15.3 Å². The van der Waals surface area contributed by atoms with Gasteiger partial charge in [-0.3, -0.25) is 0 Å². The van der Waals surface area contributed by atoms with E-state index in [9.17, 15) is 0 Å². The van der Waals surface area contributed by atoms with E-state index in [1.165, 1.54) is 49.2 Å². The molecule has 1 N–H and O–H groups in total. The zero-order valence-corrected chi connectivity index (χ0v) is 11.3. The number of hydrogen-bond acceptors (Lipinski definition) is 2. The van der Waals surface area contributed by atoms with Crippen molar-refractivity contribution in [3.63, 3.8) is 0 Å². The van der Waals surface area contributed by atoms with Crippen LogP contribution >= 0.6 is 0 Å². The molecule has 0 saturated heterocycles. The maximum atomic E-state index is 3.30. The molecule has 1 unspecified atom stereocenters. The molecule has 0 spiro atoms. The van der Waals surface area contributed by atoms with Gasteiger partial charge in [-0.25, -0.2) is 0 Å². The van der Waals surface area contributed by atoms with E-state index in [0.29, 0.717) is 6.04 Å². The lowest BCUT2D eigenvalue weighted by Gasteiger charge is -2.19. The SMILES string of the molecule is CCCCN1CCc2cc(C(C)NC)ccc21. The van der Waals surface area contributed by atoms with Crippen LogP contribution in [0.25, 0.3) is 0 Å². The first-order chi connectivity index (χ1) is 8.26. The Morgan fingerprint density at radius 1 is 1.41 bits per heavy atom. The van der Waals surface area contributed by atoms with Crippen molar-refractivity contribution in [2.75, 3.05) is 25.0 Å². The molecule has 1 aliphatic heterocycles. The van der Waals surface area contributed by atoms with Gasteiger partial charge in [-0.2, -0.15) is 0 Å². The van der Waals surface area contributed by atoms with Gasteiger partial charge in [0.15, 0.2) is 0 Å². The van der Waals surface area contributed by atoms with Gasteiger partial charge in [0, 0.05) is 24.8 Å². The Labute approximate surface area is 105 Å². The molecule has 2 nitrogen and oxygen atoms in total. The van der Waals surface area contributed by atoms with Crippen molar-refractivity contribution in [2.24, 2.45) is 0 Å². The average molecular weight is 232 g/mol. The summed E-state index contributed by atoms with van der Waals surface area (Å²) in [5, 5.41) is 3.30. The predicted molar refractivity (Wildman–Crippen MR) is 74.7 cm³/mol. The van der Waals surface area contributed by atoms with Gasteiger partial charge in [0.05, 0.1) is 0 Å². The van der Waals surface area contributed by atoms with Gasteiger partial charge in [-0.05, 0) is 44.0 Å². The Hall–Kier alpha value is -1.02. The lowest BCUT2D eigenvalue weighted by Crippen LogP contribution is -2.21. The number of fused-ring (bicyclic) bond motifs is 1.